The Bertz CT molecular complexity index is 926. The fraction of sp³-hybridized carbons (Fsp3) is 0.278. The lowest BCUT2D eigenvalue weighted by molar-refractivity contribution is 0.339. The van der Waals surface area contributed by atoms with Gasteiger partial charge >= 0.3 is 0 Å². The summed E-state index contributed by atoms with van der Waals surface area (Å²) in [6.07, 6.45) is 0. The van der Waals surface area contributed by atoms with E-state index in [1.807, 2.05) is 49.6 Å². The molecule has 0 bridgehead atoms. The van der Waals surface area contributed by atoms with E-state index in [1.165, 1.54) is 13.2 Å². The molecule has 0 saturated carbocycles. The first kappa shape index (κ1) is 16.1. The number of para-hydroxylation sites is 2. The summed E-state index contributed by atoms with van der Waals surface area (Å²) < 4.78 is 21.6. The van der Waals surface area contributed by atoms with E-state index in [9.17, 15) is 14.6 Å². The smallest absolute Gasteiger partial charge is 0.203 e. The number of phenols is 2. The predicted octanol–water partition coefficient (Wildman–Crippen LogP) is 4.02. The highest BCUT2D eigenvalue weighted by Crippen LogP contribution is 2.43. The molecule has 2 N–H and O–H groups in total. The fourth-order valence-electron chi connectivity index (χ4n) is 2.82. The first-order valence-electron chi connectivity index (χ1n) is 7.52. The predicted molar refractivity (Wildman–Crippen MR) is 90.0 cm³/mol. The molecular weight excluding hydrogens is 311 g/mol. The number of hydrogen-bond donors (Lipinski definition) is 2. The van der Waals surface area contributed by atoms with Crippen LogP contribution in [-0.4, -0.2) is 26.9 Å². The zero-order valence-electron chi connectivity index (χ0n) is 14.0. The molecule has 0 saturated heterocycles. The maximum absolute atomic E-state index is 14.6. The van der Waals surface area contributed by atoms with E-state index in [1.54, 1.807) is 0 Å². The van der Waals surface area contributed by atoms with Crippen molar-refractivity contribution in [2.75, 3.05) is 7.11 Å². The Morgan fingerprint density at radius 3 is 2.42 bits per heavy atom. The lowest BCUT2D eigenvalue weighted by atomic mass is 10.1. The minimum absolute atomic E-state index is 0.0172. The number of ether oxygens (including phenoxy) is 1. The van der Waals surface area contributed by atoms with Gasteiger partial charge in [-0.05, 0) is 39.0 Å². The molecule has 3 rings (SSSR count). The third-order valence-corrected chi connectivity index (χ3v) is 3.87. The number of phenolic OH excluding ortho intramolecular Hbond substituents is 2. The van der Waals surface area contributed by atoms with Crippen LogP contribution in [0.3, 0.4) is 0 Å². The maximum atomic E-state index is 14.6. The highest BCUT2D eigenvalue weighted by molar-refractivity contribution is 5.82. The van der Waals surface area contributed by atoms with Crippen LogP contribution >= 0.6 is 0 Å². The van der Waals surface area contributed by atoms with Crippen LogP contribution < -0.4 is 4.74 Å². The molecule has 0 aliphatic heterocycles. The maximum Gasteiger partial charge on any atom is 0.203 e. The van der Waals surface area contributed by atoms with Crippen molar-refractivity contribution in [1.82, 2.24) is 9.55 Å². The van der Waals surface area contributed by atoms with Crippen LogP contribution in [0.1, 0.15) is 20.8 Å². The summed E-state index contributed by atoms with van der Waals surface area (Å²) >= 11 is 0. The van der Waals surface area contributed by atoms with Gasteiger partial charge in [0.1, 0.15) is 5.82 Å². The molecule has 0 unspecified atom stereocenters. The molecule has 0 aliphatic carbocycles. The van der Waals surface area contributed by atoms with Crippen LogP contribution in [0.4, 0.5) is 4.39 Å². The Balaban J connectivity index is 2.41. The number of imidazole rings is 1. The summed E-state index contributed by atoms with van der Waals surface area (Å²) in [7, 11) is 1.34. The van der Waals surface area contributed by atoms with Gasteiger partial charge in [0, 0.05) is 5.54 Å². The average molecular weight is 330 g/mol. The number of methoxy groups -OCH3 is 1. The van der Waals surface area contributed by atoms with Crippen molar-refractivity contribution in [2.24, 2.45) is 0 Å². The SMILES string of the molecule is COc1cc(-c2nc3ccccc3n2C(C)(C)C)c(F)c(O)c1O. The second-order valence-electron chi connectivity index (χ2n) is 6.57. The van der Waals surface area contributed by atoms with Crippen molar-refractivity contribution in [3.63, 3.8) is 0 Å². The standard InChI is InChI=1S/C18H19FN2O3/c1-18(2,3)21-12-8-6-5-7-11(12)20-17(21)10-9-13(24-4)15(22)16(23)14(10)19/h5-9,22-23H,1-4H3. The van der Waals surface area contributed by atoms with Gasteiger partial charge in [-0.2, -0.15) is 0 Å². The summed E-state index contributed by atoms with van der Waals surface area (Å²) in [6, 6.07) is 8.84. The minimum Gasteiger partial charge on any atom is -0.502 e. The topological polar surface area (TPSA) is 67.5 Å². The first-order chi connectivity index (χ1) is 11.3. The molecule has 5 nitrogen and oxygen atoms in total. The quantitative estimate of drug-likeness (QED) is 0.697. The number of aromatic hydroxyl groups is 2. The van der Waals surface area contributed by atoms with Crippen LogP contribution in [0.15, 0.2) is 30.3 Å². The Morgan fingerprint density at radius 2 is 1.79 bits per heavy atom. The van der Waals surface area contributed by atoms with E-state index in [2.05, 4.69) is 4.98 Å². The Labute approximate surface area is 139 Å². The second kappa shape index (κ2) is 5.40. The monoisotopic (exact) mass is 330 g/mol. The summed E-state index contributed by atoms with van der Waals surface area (Å²) in [6.45, 7) is 5.96. The second-order valence-corrected chi connectivity index (χ2v) is 6.57. The summed E-state index contributed by atoms with van der Waals surface area (Å²) in [5, 5.41) is 19.7. The minimum atomic E-state index is -0.936. The van der Waals surface area contributed by atoms with Crippen molar-refractivity contribution in [3.05, 3.63) is 36.1 Å². The Hall–Kier alpha value is -2.76. The van der Waals surface area contributed by atoms with E-state index in [0.717, 1.165) is 5.52 Å². The third-order valence-electron chi connectivity index (χ3n) is 3.87. The lowest BCUT2D eigenvalue weighted by Crippen LogP contribution is -2.22. The molecule has 1 heterocycles. The largest absolute Gasteiger partial charge is 0.502 e. The Morgan fingerprint density at radius 1 is 1.12 bits per heavy atom. The van der Waals surface area contributed by atoms with Crippen molar-refractivity contribution >= 4 is 11.0 Å². The van der Waals surface area contributed by atoms with Crippen LogP contribution in [0.5, 0.6) is 17.2 Å². The number of hydrogen-bond acceptors (Lipinski definition) is 4. The number of rotatable bonds is 2. The van der Waals surface area contributed by atoms with Gasteiger partial charge < -0.3 is 19.5 Å². The highest BCUT2D eigenvalue weighted by atomic mass is 19.1. The van der Waals surface area contributed by atoms with Crippen LogP contribution in [0, 0.1) is 5.82 Å². The summed E-state index contributed by atoms with van der Waals surface area (Å²) in [4.78, 5) is 4.53. The van der Waals surface area contributed by atoms with E-state index in [0.29, 0.717) is 11.3 Å². The molecule has 0 fully saturated rings. The van der Waals surface area contributed by atoms with Crippen molar-refractivity contribution < 1.29 is 19.3 Å². The molecule has 0 amide bonds. The molecular formula is C18H19FN2O3. The van der Waals surface area contributed by atoms with Crippen molar-refractivity contribution in [2.45, 2.75) is 26.3 Å². The molecule has 126 valence electrons. The van der Waals surface area contributed by atoms with Gasteiger partial charge in [-0.15, -0.1) is 0 Å². The zero-order chi connectivity index (χ0) is 17.6. The normalized spacial score (nSPS) is 11.9. The summed E-state index contributed by atoms with van der Waals surface area (Å²) in [5.74, 6) is -2.07. The molecule has 0 spiro atoms. The van der Waals surface area contributed by atoms with Gasteiger partial charge in [0.05, 0.1) is 23.7 Å². The van der Waals surface area contributed by atoms with E-state index in [4.69, 9.17) is 4.74 Å². The van der Waals surface area contributed by atoms with Gasteiger partial charge in [0.2, 0.25) is 5.75 Å². The number of halogens is 1. The van der Waals surface area contributed by atoms with Gasteiger partial charge in [0.15, 0.2) is 17.3 Å². The van der Waals surface area contributed by atoms with Gasteiger partial charge in [-0.3, -0.25) is 0 Å². The third kappa shape index (κ3) is 2.35. The van der Waals surface area contributed by atoms with Gasteiger partial charge in [-0.1, -0.05) is 12.1 Å². The van der Waals surface area contributed by atoms with Gasteiger partial charge in [-0.25, -0.2) is 9.37 Å². The molecule has 0 aliphatic rings. The van der Waals surface area contributed by atoms with Crippen molar-refractivity contribution in [1.29, 1.82) is 0 Å². The van der Waals surface area contributed by atoms with E-state index in [-0.39, 0.29) is 16.9 Å². The molecule has 6 heteroatoms. The molecule has 2 aromatic carbocycles. The lowest BCUT2D eigenvalue weighted by Gasteiger charge is -2.25. The summed E-state index contributed by atoms with van der Waals surface area (Å²) in [5.41, 5.74) is 1.26. The van der Waals surface area contributed by atoms with Crippen LogP contribution in [-0.2, 0) is 5.54 Å². The first-order valence-corrected chi connectivity index (χ1v) is 7.52. The van der Waals surface area contributed by atoms with E-state index < -0.39 is 17.3 Å². The fourth-order valence-corrected chi connectivity index (χ4v) is 2.82. The van der Waals surface area contributed by atoms with Crippen LogP contribution in [0.25, 0.3) is 22.4 Å². The van der Waals surface area contributed by atoms with Crippen molar-refractivity contribution in [3.8, 4) is 28.6 Å². The number of aromatic nitrogens is 2. The average Bonchev–Trinajstić information content (AvgIpc) is 2.92. The zero-order valence-corrected chi connectivity index (χ0v) is 14.0. The number of nitrogens with zero attached hydrogens (tertiary/aromatic N) is 2. The molecule has 0 atom stereocenters. The number of benzene rings is 2. The van der Waals surface area contributed by atoms with Crippen LogP contribution in [0.2, 0.25) is 0 Å². The number of fused-ring (bicyclic) bond motifs is 1. The molecule has 0 radical (unpaired) electrons. The highest BCUT2D eigenvalue weighted by Gasteiger charge is 2.27. The molecule has 1 aromatic heterocycles. The van der Waals surface area contributed by atoms with E-state index >= 15 is 0 Å². The molecule has 3 aromatic rings. The molecule has 24 heavy (non-hydrogen) atoms. The Kier molecular flexibility index (Phi) is 3.63. The van der Waals surface area contributed by atoms with Gasteiger partial charge in [0.25, 0.3) is 0 Å².